The second-order valence-corrected chi connectivity index (χ2v) is 7.77. The first-order valence-corrected chi connectivity index (χ1v) is 8.85. The zero-order chi connectivity index (χ0) is 14.2. The molecular formula is C15H22N2O2S. The Hall–Kier alpha value is -1.07. The summed E-state index contributed by atoms with van der Waals surface area (Å²) in [6.07, 6.45) is 5.13. The molecule has 2 aliphatic rings. The van der Waals surface area contributed by atoms with Crippen molar-refractivity contribution in [3.63, 3.8) is 0 Å². The minimum atomic E-state index is -3.42. The molecule has 1 aromatic carbocycles. The molecule has 0 spiro atoms. The summed E-state index contributed by atoms with van der Waals surface area (Å²) in [7, 11) is -1.68. The van der Waals surface area contributed by atoms with Crippen molar-refractivity contribution in [3.05, 3.63) is 24.3 Å². The lowest BCUT2D eigenvalue weighted by molar-refractivity contribution is 0.333. The quantitative estimate of drug-likeness (QED) is 0.877. The Morgan fingerprint density at radius 2 is 2.00 bits per heavy atom. The van der Waals surface area contributed by atoms with Gasteiger partial charge in [0.2, 0.25) is 10.0 Å². The summed E-state index contributed by atoms with van der Waals surface area (Å²) in [5.41, 5.74) is 0.646. The summed E-state index contributed by atoms with van der Waals surface area (Å²) in [5, 5.41) is 2.94. The van der Waals surface area contributed by atoms with Crippen molar-refractivity contribution in [1.82, 2.24) is 4.72 Å². The molecule has 2 fully saturated rings. The van der Waals surface area contributed by atoms with Crippen molar-refractivity contribution in [2.24, 2.45) is 17.8 Å². The molecule has 2 N–H and O–H groups in total. The van der Waals surface area contributed by atoms with E-state index in [4.69, 9.17) is 0 Å². The topological polar surface area (TPSA) is 58.2 Å². The van der Waals surface area contributed by atoms with Crippen LogP contribution in [0, 0.1) is 17.8 Å². The third-order valence-corrected chi connectivity index (χ3v) is 6.35. The van der Waals surface area contributed by atoms with Gasteiger partial charge in [-0.05, 0) is 49.1 Å². The van der Waals surface area contributed by atoms with Crippen molar-refractivity contribution in [1.29, 1.82) is 0 Å². The number of hydrogen-bond acceptors (Lipinski definition) is 3. The first kappa shape index (κ1) is 13.9. The zero-order valence-corrected chi connectivity index (χ0v) is 12.6. The van der Waals surface area contributed by atoms with E-state index in [-0.39, 0.29) is 0 Å². The molecular weight excluding hydrogens is 272 g/mol. The van der Waals surface area contributed by atoms with Crippen molar-refractivity contribution < 1.29 is 8.42 Å². The lowest BCUT2D eigenvalue weighted by Crippen LogP contribution is -2.32. The number of fused-ring (bicyclic) bond motifs is 2. The summed E-state index contributed by atoms with van der Waals surface area (Å²) in [5.74, 6) is 2.12. The average molecular weight is 294 g/mol. The number of benzene rings is 1. The highest BCUT2D eigenvalue weighted by Gasteiger charge is 2.39. The molecule has 0 aromatic heterocycles. The number of anilines is 1. The smallest absolute Gasteiger partial charge is 0.242 e. The minimum Gasteiger partial charge on any atom is -0.387 e. The van der Waals surface area contributed by atoms with Gasteiger partial charge in [0, 0.05) is 13.6 Å². The van der Waals surface area contributed by atoms with E-state index in [2.05, 4.69) is 10.0 Å². The SMILES string of the molecule is CNc1ccccc1S(=O)(=O)NCC1CC2CCC1C2. The Morgan fingerprint density at radius 1 is 1.20 bits per heavy atom. The van der Waals surface area contributed by atoms with Gasteiger partial charge in [0.1, 0.15) is 4.90 Å². The van der Waals surface area contributed by atoms with E-state index in [1.807, 2.05) is 6.07 Å². The molecule has 0 radical (unpaired) electrons. The summed E-state index contributed by atoms with van der Waals surface area (Å²) >= 11 is 0. The van der Waals surface area contributed by atoms with Crippen LogP contribution >= 0.6 is 0 Å². The van der Waals surface area contributed by atoms with Gasteiger partial charge in [-0.3, -0.25) is 0 Å². The lowest BCUT2D eigenvalue weighted by Gasteiger charge is -2.22. The maximum absolute atomic E-state index is 12.4. The number of para-hydroxylation sites is 1. The van der Waals surface area contributed by atoms with Gasteiger partial charge in [0.25, 0.3) is 0 Å². The van der Waals surface area contributed by atoms with Crippen molar-refractivity contribution >= 4 is 15.7 Å². The summed E-state index contributed by atoms with van der Waals surface area (Å²) < 4.78 is 27.7. The molecule has 0 heterocycles. The molecule has 2 aliphatic carbocycles. The van der Waals surface area contributed by atoms with Gasteiger partial charge in [-0.1, -0.05) is 18.6 Å². The van der Waals surface area contributed by atoms with E-state index < -0.39 is 10.0 Å². The van der Waals surface area contributed by atoms with Gasteiger partial charge in [-0.25, -0.2) is 13.1 Å². The molecule has 3 rings (SSSR count). The minimum absolute atomic E-state index is 0.339. The number of rotatable bonds is 5. The summed E-state index contributed by atoms with van der Waals surface area (Å²) in [6, 6.07) is 7.02. The fraction of sp³-hybridized carbons (Fsp3) is 0.600. The lowest BCUT2D eigenvalue weighted by atomic mass is 9.89. The Balaban J connectivity index is 1.69. The van der Waals surface area contributed by atoms with Gasteiger partial charge >= 0.3 is 0 Å². The van der Waals surface area contributed by atoms with Crippen molar-refractivity contribution in [2.75, 3.05) is 18.9 Å². The highest BCUT2D eigenvalue weighted by molar-refractivity contribution is 7.89. The molecule has 5 heteroatoms. The standard InChI is InChI=1S/C15H22N2O2S/c1-16-14-4-2-3-5-15(14)20(18,19)17-10-13-9-11-6-7-12(13)8-11/h2-5,11-13,16-17H,6-10H2,1H3. The number of sulfonamides is 1. The van der Waals surface area contributed by atoms with Crippen molar-refractivity contribution in [3.8, 4) is 0 Å². The Morgan fingerprint density at radius 3 is 2.65 bits per heavy atom. The van der Waals surface area contributed by atoms with E-state index in [0.717, 1.165) is 11.8 Å². The van der Waals surface area contributed by atoms with Crippen LogP contribution in [0.3, 0.4) is 0 Å². The molecule has 20 heavy (non-hydrogen) atoms. The van der Waals surface area contributed by atoms with Crippen LogP contribution in [-0.4, -0.2) is 22.0 Å². The largest absolute Gasteiger partial charge is 0.387 e. The normalized spacial score (nSPS) is 28.8. The van der Waals surface area contributed by atoms with Crippen LogP contribution in [0.5, 0.6) is 0 Å². The highest BCUT2D eigenvalue weighted by atomic mass is 32.2. The Labute approximate surface area is 121 Å². The molecule has 0 saturated heterocycles. The van der Waals surface area contributed by atoms with E-state index in [0.29, 0.717) is 23.0 Å². The van der Waals surface area contributed by atoms with Crippen molar-refractivity contribution in [2.45, 2.75) is 30.6 Å². The third-order valence-electron chi connectivity index (χ3n) is 4.87. The monoisotopic (exact) mass is 294 g/mol. The second kappa shape index (κ2) is 5.37. The van der Waals surface area contributed by atoms with Gasteiger partial charge in [-0.15, -0.1) is 0 Å². The fourth-order valence-electron chi connectivity index (χ4n) is 3.83. The summed E-state index contributed by atoms with van der Waals surface area (Å²) in [6.45, 7) is 0.585. The molecule has 4 nitrogen and oxygen atoms in total. The van der Waals surface area contributed by atoms with E-state index >= 15 is 0 Å². The molecule has 110 valence electrons. The molecule has 3 unspecified atom stereocenters. The van der Waals surface area contributed by atoms with Crippen LogP contribution in [0.4, 0.5) is 5.69 Å². The number of nitrogens with one attached hydrogen (secondary N) is 2. The van der Waals surface area contributed by atoms with Gasteiger partial charge in [-0.2, -0.15) is 0 Å². The van der Waals surface area contributed by atoms with Crippen LogP contribution < -0.4 is 10.0 Å². The van der Waals surface area contributed by atoms with Gasteiger partial charge < -0.3 is 5.32 Å². The first-order valence-electron chi connectivity index (χ1n) is 7.36. The zero-order valence-electron chi connectivity index (χ0n) is 11.8. The summed E-state index contributed by atoms with van der Waals surface area (Å²) in [4.78, 5) is 0.339. The Bertz CT molecular complexity index is 585. The van der Waals surface area contributed by atoms with Crippen LogP contribution in [0.15, 0.2) is 29.2 Å². The van der Waals surface area contributed by atoms with E-state index in [1.54, 1.807) is 25.2 Å². The van der Waals surface area contributed by atoms with Crippen LogP contribution in [0.25, 0.3) is 0 Å². The van der Waals surface area contributed by atoms with E-state index in [1.165, 1.54) is 25.7 Å². The Kier molecular flexibility index (Phi) is 3.73. The highest BCUT2D eigenvalue weighted by Crippen LogP contribution is 2.48. The maximum atomic E-state index is 12.4. The van der Waals surface area contributed by atoms with Crippen LogP contribution in [0.2, 0.25) is 0 Å². The van der Waals surface area contributed by atoms with E-state index in [9.17, 15) is 8.42 Å². The molecule has 0 aliphatic heterocycles. The maximum Gasteiger partial charge on any atom is 0.242 e. The molecule has 0 amide bonds. The number of hydrogen-bond donors (Lipinski definition) is 2. The average Bonchev–Trinajstić information content (AvgIpc) is 3.07. The molecule has 1 aromatic rings. The van der Waals surface area contributed by atoms with Crippen LogP contribution in [0.1, 0.15) is 25.7 Å². The van der Waals surface area contributed by atoms with Gasteiger partial charge in [0.15, 0.2) is 0 Å². The van der Waals surface area contributed by atoms with Crippen LogP contribution in [-0.2, 0) is 10.0 Å². The molecule has 2 bridgehead atoms. The molecule has 3 atom stereocenters. The predicted molar refractivity (Wildman–Crippen MR) is 80.1 cm³/mol. The van der Waals surface area contributed by atoms with Gasteiger partial charge in [0.05, 0.1) is 5.69 Å². The molecule has 2 saturated carbocycles. The second-order valence-electron chi connectivity index (χ2n) is 6.03. The third kappa shape index (κ3) is 2.56. The first-order chi connectivity index (χ1) is 9.60. The fourth-order valence-corrected chi connectivity index (χ4v) is 5.13. The predicted octanol–water partition coefficient (Wildman–Crippen LogP) is 2.44.